The molecule has 1 N–H and O–H groups in total. The lowest BCUT2D eigenvalue weighted by Crippen LogP contribution is -2.26. The Morgan fingerprint density at radius 3 is 2.36 bits per heavy atom. The first kappa shape index (κ1) is 21.8. The minimum atomic E-state index is -3.77. The zero-order valence-electron chi connectivity index (χ0n) is 19.4. The highest BCUT2D eigenvalue weighted by Gasteiger charge is 2.32. The van der Waals surface area contributed by atoms with E-state index in [0.29, 0.717) is 17.4 Å². The highest BCUT2D eigenvalue weighted by atomic mass is 32.2. The van der Waals surface area contributed by atoms with Gasteiger partial charge in [-0.2, -0.15) is 0 Å². The molecule has 0 radical (unpaired) electrons. The molecule has 0 aliphatic heterocycles. The first-order valence-corrected chi connectivity index (χ1v) is 12.8. The lowest BCUT2D eigenvalue weighted by atomic mass is 9.71. The van der Waals surface area contributed by atoms with Gasteiger partial charge in [0.15, 0.2) is 0 Å². The molecule has 172 valence electrons. The number of hydrogen-bond acceptors (Lipinski definition) is 4. The van der Waals surface area contributed by atoms with Crippen LogP contribution in [0.1, 0.15) is 38.5 Å². The van der Waals surface area contributed by atoms with Gasteiger partial charge in [-0.1, -0.05) is 45.0 Å². The van der Waals surface area contributed by atoms with Crippen LogP contribution in [0.5, 0.6) is 5.75 Å². The van der Waals surface area contributed by atoms with Crippen molar-refractivity contribution in [2.24, 2.45) is 11.3 Å². The Morgan fingerprint density at radius 1 is 1.00 bits per heavy atom. The Labute approximate surface area is 194 Å². The third-order valence-electron chi connectivity index (χ3n) is 6.89. The van der Waals surface area contributed by atoms with Gasteiger partial charge < -0.3 is 9.15 Å². The Bertz CT molecular complexity index is 1440. The normalized spacial score (nSPS) is 16.7. The molecule has 6 heteroatoms. The van der Waals surface area contributed by atoms with Gasteiger partial charge in [0.2, 0.25) is 0 Å². The van der Waals surface area contributed by atoms with E-state index in [1.807, 2.05) is 30.3 Å². The van der Waals surface area contributed by atoms with Gasteiger partial charge in [0, 0.05) is 28.1 Å². The molecule has 3 aromatic carbocycles. The molecular weight excluding hydrogens is 434 g/mol. The van der Waals surface area contributed by atoms with E-state index < -0.39 is 10.0 Å². The fourth-order valence-corrected chi connectivity index (χ4v) is 5.95. The van der Waals surface area contributed by atoms with Gasteiger partial charge in [-0.25, -0.2) is 8.42 Å². The number of furan rings is 1. The summed E-state index contributed by atoms with van der Waals surface area (Å²) in [5.41, 5.74) is 2.83. The van der Waals surface area contributed by atoms with Crippen molar-refractivity contribution in [1.82, 2.24) is 0 Å². The molecule has 33 heavy (non-hydrogen) atoms. The minimum absolute atomic E-state index is 0.189. The SMILES string of the molecule is COc1ccc(S(=O)(=O)Nc2cc3c4c(oc3c3ccccc23)CC[C@H](C(C)(C)C)C4)cc1. The fraction of sp³-hybridized carbons (Fsp3) is 0.333. The van der Waals surface area contributed by atoms with E-state index >= 15 is 0 Å². The molecule has 1 aromatic heterocycles. The smallest absolute Gasteiger partial charge is 0.261 e. The molecule has 1 atom stereocenters. The number of anilines is 1. The van der Waals surface area contributed by atoms with E-state index in [9.17, 15) is 8.42 Å². The van der Waals surface area contributed by atoms with Crippen LogP contribution in [0.15, 0.2) is 63.9 Å². The first-order chi connectivity index (χ1) is 15.7. The van der Waals surface area contributed by atoms with Crippen molar-refractivity contribution in [2.75, 3.05) is 11.8 Å². The summed E-state index contributed by atoms with van der Waals surface area (Å²) >= 11 is 0. The van der Waals surface area contributed by atoms with Crippen molar-refractivity contribution in [2.45, 2.75) is 44.9 Å². The number of nitrogens with one attached hydrogen (secondary N) is 1. The Balaban J connectivity index is 1.64. The second kappa shape index (κ2) is 7.80. The van der Waals surface area contributed by atoms with E-state index in [4.69, 9.17) is 9.15 Å². The van der Waals surface area contributed by atoms with Gasteiger partial charge in [0.25, 0.3) is 10.0 Å². The first-order valence-electron chi connectivity index (χ1n) is 11.3. The van der Waals surface area contributed by atoms with Crippen LogP contribution >= 0.6 is 0 Å². The largest absolute Gasteiger partial charge is 0.497 e. The summed E-state index contributed by atoms with van der Waals surface area (Å²) in [5.74, 6) is 2.20. The Hall–Kier alpha value is -2.99. The van der Waals surface area contributed by atoms with Crippen molar-refractivity contribution in [3.05, 3.63) is 65.9 Å². The topological polar surface area (TPSA) is 68.5 Å². The number of benzene rings is 3. The van der Waals surface area contributed by atoms with Crippen LogP contribution in [0.25, 0.3) is 21.7 Å². The fourth-order valence-electron chi connectivity index (χ4n) is 4.88. The van der Waals surface area contributed by atoms with Crippen LogP contribution in [-0.4, -0.2) is 15.5 Å². The molecule has 0 bridgehead atoms. The van der Waals surface area contributed by atoms with Crippen molar-refractivity contribution in [1.29, 1.82) is 0 Å². The van der Waals surface area contributed by atoms with Gasteiger partial charge in [-0.15, -0.1) is 0 Å². The summed E-state index contributed by atoms with van der Waals surface area (Å²) in [4.78, 5) is 0.189. The maximum Gasteiger partial charge on any atom is 0.261 e. The number of fused-ring (bicyclic) bond motifs is 5. The highest BCUT2D eigenvalue weighted by molar-refractivity contribution is 7.92. The zero-order chi connectivity index (χ0) is 23.4. The van der Waals surface area contributed by atoms with Crippen LogP contribution in [-0.2, 0) is 22.9 Å². The van der Waals surface area contributed by atoms with Crippen LogP contribution in [0.2, 0.25) is 0 Å². The second-order valence-corrected chi connectivity index (χ2v) is 11.6. The zero-order valence-corrected chi connectivity index (χ0v) is 20.3. The maximum absolute atomic E-state index is 13.2. The molecule has 1 heterocycles. The van der Waals surface area contributed by atoms with E-state index in [0.717, 1.165) is 46.8 Å². The van der Waals surface area contributed by atoms with Gasteiger partial charge in [-0.3, -0.25) is 4.72 Å². The molecule has 5 rings (SSSR count). The van der Waals surface area contributed by atoms with Crippen molar-refractivity contribution >= 4 is 37.5 Å². The summed E-state index contributed by atoms with van der Waals surface area (Å²) in [5, 5.41) is 2.75. The number of aryl methyl sites for hydroxylation is 1. The predicted octanol–water partition coefficient (Wildman–Crippen LogP) is 6.55. The number of ether oxygens (including phenoxy) is 1. The summed E-state index contributed by atoms with van der Waals surface area (Å²) in [6, 6.07) is 16.2. The molecule has 0 amide bonds. The van der Waals surface area contributed by atoms with Crippen LogP contribution < -0.4 is 9.46 Å². The number of hydrogen-bond donors (Lipinski definition) is 1. The highest BCUT2D eigenvalue weighted by Crippen LogP contribution is 2.44. The lowest BCUT2D eigenvalue weighted by molar-refractivity contribution is 0.210. The lowest BCUT2D eigenvalue weighted by Gasteiger charge is -2.33. The molecule has 5 nitrogen and oxygen atoms in total. The quantitative estimate of drug-likeness (QED) is 0.373. The Kier molecular flexibility index (Phi) is 5.16. The third kappa shape index (κ3) is 3.86. The Morgan fingerprint density at radius 2 is 1.70 bits per heavy atom. The molecule has 4 aromatic rings. The predicted molar refractivity (Wildman–Crippen MR) is 132 cm³/mol. The van der Waals surface area contributed by atoms with E-state index in [2.05, 4.69) is 25.5 Å². The van der Waals surface area contributed by atoms with Gasteiger partial charge in [0.1, 0.15) is 17.1 Å². The summed E-state index contributed by atoms with van der Waals surface area (Å²) in [6.07, 6.45) is 2.95. The average Bonchev–Trinajstić information content (AvgIpc) is 3.16. The molecule has 0 spiro atoms. The number of rotatable bonds is 4. The molecule has 1 aliphatic carbocycles. The standard InChI is InChI=1S/C27H29NO4S/c1-27(2,3)17-9-14-25-22(15-17)23-16-24(20-7-5-6-8-21(20)26(23)32-25)28-33(29,30)19-12-10-18(31-4)11-13-19/h5-8,10-13,16-17,28H,9,14-15H2,1-4H3/t17-/m0/s1. The van der Waals surface area contributed by atoms with Crippen molar-refractivity contribution in [3.63, 3.8) is 0 Å². The minimum Gasteiger partial charge on any atom is -0.497 e. The van der Waals surface area contributed by atoms with Gasteiger partial charge in [-0.05, 0) is 54.5 Å². The van der Waals surface area contributed by atoms with Crippen LogP contribution in [0.4, 0.5) is 5.69 Å². The molecule has 0 unspecified atom stereocenters. The number of methoxy groups -OCH3 is 1. The molecule has 0 saturated carbocycles. The summed E-state index contributed by atoms with van der Waals surface area (Å²) < 4.78 is 40.8. The monoisotopic (exact) mass is 463 g/mol. The molecule has 0 fully saturated rings. The van der Waals surface area contributed by atoms with Gasteiger partial charge >= 0.3 is 0 Å². The second-order valence-electron chi connectivity index (χ2n) is 9.94. The summed E-state index contributed by atoms with van der Waals surface area (Å²) in [6.45, 7) is 6.86. The number of sulfonamides is 1. The maximum atomic E-state index is 13.2. The average molecular weight is 464 g/mol. The van der Waals surface area contributed by atoms with Crippen molar-refractivity contribution < 1.29 is 17.6 Å². The van der Waals surface area contributed by atoms with Crippen molar-refractivity contribution in [3.8, 4) is 5.75 Å². The van der Waals surface area contributed by atoms with E-state index in [-0.39, 0.29) is 10.3 Å². The van der Waals surface area contributed by atoms with E-state index in [1.54, 1.807) is 31.4 Å². The third-order valence-corrected chi connectivity index (χ3v) is 8.27. The van der Waals surface area contributed by atoms with E-state index in [1.165, 1.54) is 5.56 Å². The van der Waals surface area contributed by atoms with Crippen LogP contribution in [0.3, 0.4) is 0 Å². The van der Waals surface area contributed by atoms with Crippen LogP contribution in [0, 0.1) is 11.3 Å². The van der Waals surface area contributed by atoms with Gasteiger partial charge in [0.05, 0.1) is 17.7 Å². The summed E-state index contributed by atoms with van der Waals surface area (Å²) in [7, 11) is -2.22. The molecular formula is C27H29NO4S. The molecule has 1 aliphatic rings. The molecule has 0 saturated heterocycles.